The minimum atomic E-state index is -3.65. The van der Waals surface area contributed by atoms with Crippen LogP contribution in [-0.2, 0) is 10.0 Å². The number of hydrogen-bond donors (Lipinski definition) is 3. The van der Waals surface area contributed by atoms with Gasteiger partial charge in [0.15, 0.2) is 0 Å². The van der Waals surface area contributed by atoms with E-state index in [0.29, 0.717) is 16.8 Å². The Morgan fingerprint density at radius 1 is 1.07 bits per heavy atom. The first-order valence-electron chi connectivity index (χ1n) is 8.74. The molecule has 0 atom stereocenters. The number of nitrogens with two attached hydrogens (primary N) is 1. The van der Waals surface area contributed by atoms with Crippen molar-refractivity contribution in [3.05, 3.63) is 64.2 Å². The van der Waals surface area contributed by atoms with E-state index in [4.69, 9.17) is 5.73 Å². The predicted molar refractivity (Wildman–Crippen MR) is 114 cm³/mol. The summed E-state index contributed by atoms with van der Waals surface area (Å²) in [6.45, 7) is 10.7. The van der Waals surface area contributed by atoms with Crippen LogP contribution in [0, 0.1) is 20.8 Å². The fourth-order valence-electron chi connectivity index (χ4n) is 3.29. The Balaban J connectivity index is 2.27. The van der Waals surface area contributed by atoms with Gasteiger partial charge in [0.2, 0.25) is 0 Å². The number of aromatic amines is 1. The van der Waals surface area contributed by atoms with E-state index in [1.165, 1.54) is 6.92 Å². The second-order valence-corrected chi connectivity index (χ2v) is 8.84. The molecule has 0 radical (unpaired) electrons. The smallest absolute Gasteiger partial charge is 0.257 e. The number of rotatable bonds is 5. The lowest BCUT2D eigenvalue weighted by Crippen LogP contribution is -2.14. The number of nitrogens with one attached hydrogen (secondary N) is 2. The van der Waals surface area contributed by atoms with E-state index in [1.54, 1.807) is 18.2 Å². The lowest BCUT2D eigenvalue weighted by molar-refractivity contribution is 0.100. The minimum Gasteiger partial charge on any atom is -0.366 e. The van der Waals surface area contributed by atoms with Crippen LogP contribution in [0.15, 0.2) is 41.8 Å². The zero-order valence-electron chi connectivity index (χ0n) is 16.3. The van der Waals surface area contributed by atoms with Gasteiger partial charge in [0.1, 0.15) is 0 Å². The van der Waals surface area contributed by atoms with Gasteiger partial charge >= 0.3 is 0 Å². The molecular weight excluding hydrogens is 374 g/mol. The van der Waals surface area contributed by atoms with E-state index in [2.05, 4.69) is 16.3 Å². The van der Waals surface area contributed by atoms with Crippen LogP contribution >= 0.6 is 0 Å². The Kier molecular flexibility index (Phi) is 4.81. The number of H-pyrrole nitrogens is 1. The van der Waals surface area contributed by atoms with Crippen molar-refractivity contribution in [2.45, 2.75) is 27.7 Å². The number of allylic oxidation sites excluding steroid dienone is 1. The Morgan fingerprint density at radius 2 is 1.75 bits per heavy atom. The molecule has 2 aromatic carbocycles. The number of primary amides is 1. The fourth-order valence-corrected chi connectivity index (χ4v) is 3.98. The summed E-state index contributed by atoms with van der Waals surface area (Å²) in [7, 11) is -3.65. The predicted octanol–water partition coefficient (Wildman–Crippen LogP) is 4.13. The SMILES string of the molecule is C=C(C)S(=O)(=O)Nc1cccc(-c2ccc(C(N)=O)c3[nH]c(C)c(C)c23)c1C. The number of sulfonamides is 1. The molecule has 146 valence electrons. The van der Waals surface area contributed by atoms with Gasteiger partial charge in [-0.3, -0.25) is 9.52 Å². The zero-order valence-corrected chi connectivity index (χ0v) is 17.1. The molecule has 0 saturated heterocycles. The van der Waals surface area contributed by atoms with E-state index in [-0.39, 0.29) is 4.91 Å². The Hall–Kier alpha value is -3.06. The molecule has 6 nitrogen and oxygen atoms in total. The van der Waals surface area contributed by atoms with Gasteiger partial charge in [-0.1, -0.05) is 24.8 Å². The van der Waals surface area contributed by atoms with E-state index in [9.17, 15) is 13.2 Å². The van der Waals surface area contributed by atoms with Crippen LogP contribution in [0.25, 0.3) is 22.0 Å². The summed E-state index contributed by atoms with van der Waals surface area (Å²) in [5, 5.41) is 0.900. The molecule has 3 aromatic rings. The highest BCUT2D eigenvalue weighted by atomic mass is 32.2. The summed E-state index contributed by atoms with van der Waals surface area (Å²) < 4.78 is 27.0. The van der Waals surface area contributed by atoms with Gasteiger partial charge in [0.05, 0.1) is 21.7 Å². The molecule has 3 rings (SSSR count). The van der Waals surface area contributed by atoms with E-state index < -0.39 is 15.9 Å². The maximum absolute atomic E-state index is 12.2. The first-order chi connectivity index (χ1) is 13.0. The quantitative estimate of drug-likeness (QED) is 0.602. The fraction of sp³-hybridized carbons (Fsp3) is 0.190. The summed E-state index contributed by atoms with van der Waals surface area (Å²) in [6.07, 6.45) is 0. The van der Waals surface area contributed by atoms with Crippen molar-refractivity contribution in [2.75, 3.05) is 4.72 Å². The van der Waals surface area contributed by atoms with Crippen LogP contribution in [0.2, 0.25) is 0 Å². The molecule has 1 amide bonds. The molecule has 1 heterocycles. The normalized spacial score (nSPS) is 11.6. The molecular formula is C21H23N3O3S. The second kappa shape index (κ2) is 6.83. The molecule has 0 saturated carbocycles. The van der Waals surface area contributed by atoms with E-state index in [1.807, 2.05) is 32.9 Å². The summed E-state index contributed by atoms with van der Waals surface area (Å²) in [5.74, 6) is -0.502. The van der Waals surface area contributed by atoms with Gasteiger partial charge in [-0.05, 0) is 62.1 Å². The molecule has 28 heavy (non-hydrogen) atoms. The highest BCUT2D eigenvalue weighted by molar-refractivity contribution is 7.96. The third kappa shape index (κ3) is 3.18. The van der Waals surface area contributed by atoms with Gasteiger partial charge in [0.25, 0.3) is 15.9 Å². The van der Waals surface area contributed by atoms with Gasteiger partial charge in [-0.15, -0.1) is 0 Å². The molecule has 1 aromatic heterocycles. The van der Waals surface area contributed by atoms with Gasteiger partial charge in [-0.25, -0.2) is 8.42 Å². The van der Waals surface area contributed by atoms with E-state index in [0.717, 1.165) is 33.3 Å². The third-order valence-electron chi connectivity index (χ3n) is 5.05. The molecule has 0 fully saturated rings. The molecule has 0 aliphatic rings. The summed E-state index contributed by atoms with van der Waals surface area (Å²) in [5.41, 5.74) is 11.6. The van der Waals surface area contributed by atoms with Gasteiger partial charge in [-0.2, -0.15) is 0 Å². The maximum atomic E-state index is 12.2. The lowest BCUT2D eigenvalue weighted by atomic mass is 9.93. The maximum Gasteiger partial charge on any atom is 0.257 e. The van der Waals surface area contributed by atoms with Crippen LogP contribution in [0.1, 0.15) is 34.1 Å². The number of hydrogen-bond acceptors (Lipinski definition) is 3. The number of benzene rings is 2. The summed E-state index contributed by atoms with van der Waals surface area (Å²) in [6, 6.07) is 8.97. The highest BCUT2D eigenvalue weighted by Crippen LogP contribution is 2.37. The molecule has 0 bridgehead atoms. The lowest BCUT2D eigenvalue weighted by Gasteiger charge is -2.15. The highest BCUT2D eigenvalue weighted by Gasteiger charge is 2.19. The molecule has 0 aliphatic heterocycles. The zero-order chi connectivity index (χ0) is 20.8. The van der Waals surface area contributed by atoms with Crippen molar-refractivity contribution < 1.29 is 13.2 Å². The average Bonchev–Trinajstić information content (AvgIpc) is 2.91. The number of aromatic nitrogens is 1. The van der Waals surface area contributed by atoms with Crippen molar-refractivity contribution in [2.24, 2.45) is 5.73 Å². The van der Waals surface area contributed by atoms with Crippen LogP contribution < -0.4 is 10.5 Å². The Labute approximate surface area is 164 Å². The second-order valence-electron chi connectivity index (χ2n) is 6.94. The first-order valence-corrected chi connectivity index (χ1v) is 10.2. The van der Waals surface area contributed by atoms with Crippen molar-refractivity contribution in [1.82, 2.24) is 4.98 Å². The molecule has 4 N–H and O–H groups in total. The molecule has 0 spiro atoms. The molecule has 0 aliphatic carbocycles. The number of amides is 1. The van der Waals surface area contributed by atoms with Gasteiger partial charge < -0.3 is 10.7 Å². The number of carbonyl (C=O) groups is 1. The number of aryl methyl sites for hydroxylation is 2. The van der Waals surface area contributed by atoms with E-state index >= 15 is 0 Å². The van der Waals surface area contributed by atoms with Crippen molar-refractivity contribution >= 4 is 32.5 Å². The summed E-state index contributed by atoms with van der Waals surface area (Å²) in [4.78, 5) is 15.1. The van der Waals surface area contributed by atoms with Crippen molar-refractivity contribution in [3.63, 3.8) is 0 Å². The number of anilines is 1. The topological polar surface area (TPSA) is 105 Å². The first kappa shape index (κ1) is 19.7. The van der Waals surface area contributed by atoms with Crippen molar-refractivity contribution in [3.8, 4) is 11.1 Å². The van der Waals surface area contributed by atoms with Crippen LogP contribution in [-0.4, -0.2) is 19.3 Å². The number of carbonyl (C=O) groups excluding carboxylic acids is 1. The van der Waals surface area contributed by atoms with Crippen LogP contribution in [0.3, 0.4) is 0 Å². The Bertz CT molecular complexity index is 1240. The largest absolute Gasteiger partial charge is 0.366 e. The molecule has 0 unspecified atom stereocenters. The third-order valence-corrected chi connectivity index (χ3v) is 6.45. The van der Waals surface area contributed by atoms with Crippen LogP contribution in [0.5, 0.6) is 0 Å². The minimum absolute atomic E-state index is 0.0441. The van der Waals surface area contributed by atoms with Crippen molar-refractivity contribution in [1.29, 1.82) is 0 Å². The Morgan fingerprint density at radius 3 is 2.36 bits per heavy atom. The standard InChI is InChI=1S/C21H23N3O3S/c1-11(2)28(26,27)24-18-8-6-7-15(13(18)4)16-9-10-17(21(22)25)20-19(16)12(3)14(5)23-20/h6-10,23-24H,1H2,2-5H3,(H2,22,25). The monoisotopic (exact) mass is 397 g/mol. The molecule has 7 heteroatoms. The van der Waals surface area contributed by atoms with Gasteiger partial charge in [0, 0.05) is 11.1 Å². The van der Waals surface area contributed by atoms with Crippen LogP contribution in [0.4, 0.5) is 5.69 Å². The number of fused-ring (bicyclic) bond motifs is 1. The average molecular weight is 398 g/mol. The summed E-state index contributed by atoms with van der Waals surface area (Å²) >= 11 is 0.